The summed E-state index contributed by atoms with van der Waals surface area (Å²) in [4.78, 5) is 12.9. The van der Waals surface area contributed by atoms with Crippen molar-refractivity contribution in [1.29, 1.82) is 0 Å². The zero-order chi connectivity index (χ0) is 14.8. The number of rotatable bonds is 6. The van der Waals surface area contributed by atoms with Crippen molar-refractivity contribution in [3.8, 4) is 0 Å². The van der Waals surface area contributed by atoms with Gasteiger partial charge < -0.3 is 10.2 Å². The molecule has 3 rings (SSSR count). The molecule has 2 unspecified atom stereocenters. The summed E-state index contributed by atoms with van der Waals surface area (Å²) in [6.07, 6.45) is 4.06. The lowest BCUT2D eigenvalue weighted by atomic mass is 10.1. The first kappa shape index (κ1) is 14.5. The van der Waals surface area contributed by atoms with Crippen molar-refractivity contribution in [2.45, 2.75) is 38.3 Å². The normalized spacial score (nSPS) is 24.1. The van der Waals surface area contributed by atoms with Gasteiger partial charge in [0.05, 0.1) is 4.92 Å². The van der Waals surface area contributed by atoms with Crippen molar-refractivity contribution < 1.29 is 4.92 Å². The molecule has 114 valence electrons. The third-order valence-electron chi connectivity index (χ3n) is 4.70. The first-order valence-corrected chi connectivity index (χ1v) is 7.85. The molecule has 5 nitrogen and oxygen atoms in total. The van der Waals surface area contributed by atoms with Crippen LogP contribution in [0.2, 0.25) is 0 Å². The second-order valence-electron chi connectivity index (χ2n) is 6.36. The Hall–Kier alpha value is -1.46. The highest BCUT2D eigenvalue weighted by atomic mass is 16.6. The van der Waals surface area contributed by atoms with Gasteiger partial charge in [-0.05, 0) is 50.8 Å². The molecule has 1 aliphatic heterocycles. The molecule has 1 heterocycles. The molecule has 2 fully saturated rings. The van der Waals surface area contributed by atoms with Crippen LogP contribution in [0.3, 0.4) is 0 Å². The van der Waals surface area contributed by atoms with Gasteiger partial charge in [0.25, 0.3) is 5.69 Å². The average Bonchev–Trinajstić information content (AvgIpc) is 3.24. The molecule has 0 aromatic heterocycles. The number of nitrogens with zero attached hydrogens (tertiary/aromatic N) is 2. The standard InChI is InChI=1S/C16H23N3O2/c1-12(14-2-4-16(5-3-14)19(20)21)17-10-13-8-9-18(11-13)15-6-7-15/h2-5,12-13,15,17H,6-11H2,1H3. The van der Waals surface area contributed by atoms with Crippen LogP contribution in [0.15, 0.2) is 24.3 Å². The van der Waals surface area contributed by atoms with Crippen LogP contribution in [0.1, 0.15) is 37.8 Å². The highest BCUT2D eigenvalue weighted by molar-refractivity contribution is 5.34. The lowest BCUT2D eigenvalue weighted by molar-refractivity contribution is -0.384. The van der Waals surface area contributed by atoms with E-state index in [2.05, 4.69) is 17.1 Å². The Morgan fingerprint density at radius 3 is 2.67 bits per heavy atom. The van der Waals surface area contributed by atoms with Crippen molar-refractivity contribution in [2.75, 3.05) is 19.6 Å². The van der Waals surface area contributed by atoms with Crippen LogP contribution < -0.4 is 5.32 Å². The number of nitro benzene ring substituents is 1. The van der Waals surface area contributed by atoms with Gasteiger partial charge in [0.1, 0.15) is 0 Å². The lowest BCUT2D eigenvalue weighted by Gasteiger charge is -2.18. The van der Waals surface area contributed by atoms with Gasteiger partial charge in [0.2, 0.25) is 0 Å². The van der Waals surface area contributed by atoms with Gasteiger partial charge in [-0.2, -0.15) is 0 Å². The fraction of sp³-hybridized carbons (Fsp3) is 0.625. The third kappa shape index (κ3) is 3.60. The Kier molecular flexibility index (Phi) is 4.22. The highest BCUT2D eigenvalue weighted by Crippen LogP contribution is 2.31. The van der Waals surface area contributed by atoms with Gasteiger partial charge in [0, 0.05) is 30.8 Å². The van der Waals surface area contributed by atoms with Gasteiger partial charge in [-0.3, -0.25) is 10.1 Å². The maximum atomic E-state index is 10.7. The second kappa shape index (κ2) is 6.12. The SMILES string of the molecule is CC(NCC1CCN(C2CC2)C1)c1ccc([N+](=O)[O-])cc1. The highest BCUT2D eigenvalue weighted by Gasteiger charge is 2.34. The molecule has 1 aromatic carbocycles. The van der Waals surface area contributed by atoms with E-state index in [-0.39, 0.29) is 16.7 Å². The molecule has 1 saturated carbocycles. The average molecular weight is 289 g/mol. The Labute approximate surface area is 125 Å². The maximum Gasteiger partial charge on any atom is 0.269 e. The van der Waals surface area contributed by atoms with Gasteiger partial charge in [0.15, 0.2) is 0 Å². The van der Waals surface area contributed by atoms with Gasteiger partial charge >= 0.3 is 0 Å². The summed E-state index contributed by atoms with van der Waals surface area (Å²) >= 11 is 0. The first-order chi connectivity index (χ1) is 10.1. The molecule has 1 saturated heterocycles. The number of hydrogen-bond acceptors (Lipinski definition) is 4. The quantitative estimate of drug-likeness (QED) is 0.646. The van der Waals surface area contributed by atoms with Crippen LogP contribution in [0.5, 0.6) is 0 Å². The van der Waals surface area contributed by atoms with Gasteiger partial charge in [-0.15, -0.1) is 0 Å². The smallest absolute Gasteiger partial charge is 0.269 e. The topological polar surface area (TPSA) is 58.4 Å². The fourth-order valence-corrected chi connectivity index (χ4v) is 3.15. The molecular formula is C16H23N3O2. The predicted octanol–water partition coefficient (Wildman–Crippen LogP) is 2.73. The fourth-order valence-electron chi connectivity index (χ4n) is 3.15. The zero-order valence-electron chi connectivity index (χ0n) is 12.5. The molecule has 1 aliphatic carbocycles. The van der Waals surface area contributed by atoms with Crippen LogP contribution >= 0.6 is 0 Å². The molecular weight excluding hydrogens is 266 g/mol. The van der Waals surface area contributed by atoms with E-state index in [1.807, 2.05) is 12.1 Å². The number of benzene rings is 1. The van der Waals surface area contributed by atoms with Crippen LogP contribution in [-0.4, -0.2) is 35.5 Å². The largest absolute Gasteiger partial charge is 0.310 e. The Morgan fingerprint density at radius 2 is 2.05 bits per heavy atom. The molecule has 2 atom stereocenters. The van der Waals surface area contributed by atoms with Gasteiger partial charge in [-0.1, -0.05) is 12.1 Å². The molecule has 0 bridgehead atoms. The molecule has 2 aliphatic rings. The van der Waals surface area contributed by atoms with Crippen molar-refractivity contribution in [2.24, 2.45) is 5.92 Å². The van der Waals surface area contributed by atoms with Crippen molar-refractivity contribution in [3.63, 3.8) is 0 Å². The number of likely N-dealkylation sites (tertiary alicyclic amines) is 1. The summed E-state index contributed by atoms with van der Waals surface area (Å²) in [5.41, 5.74) is 1.26. The van der Waals surface area contributed by atoms with E-state index in [4.69, 9.17) is 0 Å². The van der Waals surface area contributed by atoms with E-state index in [1.165, 1.54) is 32.4 Å². The van der Waals surface area contributed by atoms with E-state index >= 15 is 0 Å². The maximum absolute atomic E-state index is 10.7. The molecule has 0 amide bonds. The first-order valence-electron chi connectivity index (χ1n) is 7.85. The lowest BCUT2D eigenvalue weighted by Crippen LogP contribution is -2.29. The Bertz CT molecular complexity index is 499. The number of hydrogen-bond donors (Lipinski definition) is 1. The Morgan fingerprint density at radius 1 is 1.33 bits per heavy atom. The van der Waals surface area contributed by atoms with Crippen molar-refractivity contribution >= 4 is 5.69 Å². The van der Waals surface area contributed by atoms with E-state index in [0.717, 1.165) is 24.1 Å². The molecule has 21 heavy (non-hydrogen) atoms. The third-order valence-corrected chi connectivity index (χ3v) is 4.70. The minimum Gasteiger partial charge on any atom is -0.310 e. The van der Waals surface area contributed by atoms with E-state index in [1.54, 1.807) is 12.1 Å². The van der Waals surface area contributed by atoms with Crippen molar-refractivity contribution in [1.82, 2.24) is 10.2 Å². The summed E-state index contributed by atoms with van der Waals surface area (Å²) in [7, 11) is 0. The summed E-state index contributed by atoms with van der Waals surface area (Å²) in [6, 6.07) is 7.97. The summed E-state index contributed by atoms with van der Waals surface area (Å²) < 4.78 is 0. The molecule has 5 heteroatoms. The van der Waals surface area contributed by atoms with E-state index in [9.17, 15) is 10.1 Å². The second-order valence-corrected chi connectivity index (χ2v) is 6.36. The molecule has 0 spiro atoms. The molecule has 0 radical (unpaired) electrons. The van der Waals surface area contributed by atoms with Crippen molar-refractivity contribution in [3.05, 3.63) is 39.9 Å². The summed E-state index contributed by atoms with van der Waals surface area (Å²) in [6.45, 7) is 5.63. The minimum atomic E-state index is -0.354. The number of non-ortho nitro benzene ring substituents is 1. The van der Waals surface area contributed by atoms with E-state index in [0.29, 0.717) is 0 Å². The summed E-state index contributed by atoms with van der Waals surface area (Å²) in [5.74, 6) is 0.742. The van der Waals surface area contributed by atoms with Crippen LogP contribution in [-0.2, 0) is 0 Å². The number of nitrogens with one attached hydrogen (secondary N) is 1. The van der Waals surface area contributed by atoms with Gasteiger partial charge in [-0.25, -0.2) is 0 Å². The van der Waals surface area contributed by atoms with Crippen LogP contribution in [0, 0.1) is 16.0 Å². The predicted molar refractivity (Wildman–Crippen MR) is 82.2 cm³/mol. The zero-order valence-corrected chi connectivity index (χ0v) is 12.5. The van der Waals surface area contributed by atoms with E-state index < -0.39 is 0 Å². The summed E-state index contributed by atoms with van der Waals surface area (Å²) in [5, 5.41) is 14.2. The van der Waals surface area contributed by atoms with Crippen LogP contribution in [0.4, 0.5) is 5.69 Å². The Balaban J connectivity index is 1.47. The van der Waals surface area contributed by atoms with Crippen LogP contribution in [0.25, 0.3) is 0 Å². The molecule has 1 aromatic rings. The minimum absolute atomic E-state index is 0.154. The molecule has 1 N–H and O–H groups in total. The number of nitro groups is 1. The monoisotopic (exact) mass is 289 g/mol.